The second kappa shape index (κ2) is 9.20. The van der Waals surface area contributed by atoms with Crippen molar-refractivity contribution in [2.24, 2.45) is 5.73 Å². The van der Waals surface area contributed by atoms with Gasteiger partial charge in [0.15, 0.2) is 0 Å². The summed E-state index contributed by atoms with van der Waals surface area (Å²) >= 11 is 0. The van der Waals surface area contributed by atoms with Crippen LogP contribution in [0.25, 0.3) is 0 Å². The third-order valence-corrected chi connectivity index (χ3v) is 4.39. The zero-order valence-electron chi connectivity index (χ0n) is 14.9. The normalized spacial score (nSPS) is 13.2. The van der Waals surface area contributed by atoms with E-state index < -0.39 is 6.03 Å². The molecule has 0 spiro atoms. The van der Waals surface area contributed by atoms with Crippen molar-refractivity contribution >= 4 is 6.03 Å². The van der Waals surface area contributed by atoms with Crippen LogP contribution < -0.4 is 11.1 Å². The van der Waals surface area contributed by atoms with Crippen LogP contribution >= 0.6 is 0 Å². The van der Waals surface area contributed by atoms with Crippen LogP contribution in [0, 0.1) is 0 Å². The van der Waals surface area contributed by atoms with Gasteiger partial charge in [-0.1, -0.05) is 61.5 Å². The Labute approximate surface area is 149 Å². The van der Waals surface area contributed by atoms with Crippen molar-refractivity contribution in [1.29, 1.82) is 0 Å². The van der Waals surface area contributed by atoms with Crippen molar-refractivity contribution in [1.82, 2.24) is 10.4 Å². The van der Waals surface area contributed by atoms with Gasteiger partial charge >= 0.3 is 6.03 Å². The first kappa shape index (κ1) is 19.0. The highest BCUT2D eigenvalue weighted by atomic mass is 16.5. The van der Waals surface area contributed by atoms with Crippen molar-refractivity contribution in [2.75, 3.05) is 13.1 Å². The number of nitrogens with zero attached hydrogens (tertiary/aromatic N) is 1. The maximum absolute atomic E-state index is 10.7. The lowest BCUT2D eigenvalue weighted by molar-refractivity contribution is -0.0382. The molecular formula is C20H27N3O2. The minimum Gasteiger partial charge on any atom is -0.350 e. The van der Waals surface area contributed by atoms with Gasteiger partial charge in [0.1, 0.15) is 0 Å². The molecule has 2 amide bonds. The summed E-state index contributed by atoms with van der Waals surface area (Å²) in [5.74, 6) is 0.370. The zero-order chi connectivity index (χ0) is 18.2. The van der Waals surface area contributed by atoms with Crippen LogP contribution in [-0.2, 0) is 6.42 Å². The van der Waals surface area contributed by atoms with Crippen LogP contribution in [0.3, 0.4) is 0 Å². The summed E-state index contributed by atoms with van der Waals surface area (Å²) in [4.78, 5) is 10.7. The summed E-state index contributed by atoms with van der Waals surface area (Å²) in [6.07, 6.45) is 0.877. The smallest absolute Gasteiger partial charge is 0.338 e. The topological polar surface area (TPSA) is 78.6 Å². The Morgan fingerprint density at radius 1 is 1.08 bits per heavy atom. The molecule has 0 aromatic heterocycles. The van der Waals surface area contributed by atoms with Crippen molar-refractivity contribution in [2.45, 2.75) is 32.2 Å². The van der Waals surface area contributed by atoms with E-state index in [0.717, 1.165) is 6.42 Å². The molecule has 2 rings (SSSR count). The van der Waals surface area contributed by atoms with Gasteiger partial charge in [-0.3, -0.25) is 5.21 Å². The molecule has 4 N–H and O–H groups in total. The number of amides is 2. The molecule has 0 fully saturated rings. The lowest BCUT2D eigenvalue weighted by Crippen LogP contribution is -2.40. The number of nitrogens with one attached hydrogen (secondary N) is 1. The third kappa shape index (κ3) is 5.89. The highest BCUT2D eigenvalue weighted by Crippen LogP contribution is 2.24. The second-order valence-electron chi connectivity index (χ2n) is 6.39. The first-order valence-corrected chi connectivity index (χ1v) is 8.60. The number of hydrogen-bond donors (Lipinski definition) is 3. The standard InChI is InChI=1S/C20H27N3O2/c1-15(22-12-13-23(25)20(21)24)14-17-8-10-19(11-9-17)16(2)18-6-4-3-5-7-18/h3-11,15-16,22,25H,12-14H2,1-2H3,(H2,21,24). The van der Waals surface area contributed by atoms with Crippen molar-refractivity contribution in [3.05, 3.63) is 71.3 Å². The molecule has 0 aliphatic carbocycles. The summed E-state index contributed by atoms with van der Waals surface area (Å²) in [6, 6.07) is 18.6. The number of urea groups is 1. The summed E-state index contributed by atoms with van der Waals surface area (Å²) < 4.78 is 0. The van der Waals surface area contributed by atoms with Crippen LogP contribution in [0.5, 0.6) is 0 Å². The Morgan fingerprint density at radius 2 is 1.68 bits per heavy atom. The van der Waals surface area contributed by atoms with Gasteiger partial charge in [0.05, 0.1) is 6.54 Å². The number of nitrogens with two attached hydrogens (primary N) is 1. The Morgan fingerprint density at radius 3 is 2.28 bits per heavy atom. The van der Waals surface area contributed by atoms with Crippen molar-refractivity contribution in [3.63, 3.8) is 0 Å². The van der Waals surface area contributed by atoms with Crippen molar-refractivity contribution < 1.29 is 10.0 Å². The monoisotopic (exact) mass is 341 g/mol. The fraction of sp³-hybridized carbons (Fsp3) is 0.350. The molecule has 0 aliphatic heterocycles. The van der Waals surface area contributed by atoms with Gasteiger partial charge in [0.2, 0.25) is 0 Å². The Hall–Kier alpha value is -2.37. The zero-order valence-corrected chi connectivity index (χ0v) is 14.9. The Kier molecular flexibility index (Phi) is 6.98. The highest BCUT2D eigenvalue weighted by Gasteiger charge is 2.09. The number of carbonyl (C=O) groups is 1. The molecule has 2 atom stereocenters. The molecule has 0 radical (unpaired) electrons. The highest BCUT2D eigenvalue weighted by molar-refractivity contribution is 5.70. The molecular weight excluding hydrogens is 314 g/mol. The fourth-order valence-corrected chi connectivity index (χ4v) is 2.83. The van der Waals surface area contributed by atoms with Gasteiger partial charge in [-0.25, -0.2) is 9.86 Å². The number of carbonyl (C=O) groups excluding carboxylic acids is 1. The fourth-order valence-electron chi connectivity index (χ4n) is 2.83. The molecule has 0 bridgehead atoms. The largest absolute Gasteiger partial charge is 0.350 e. The molecule has 0 aliphatic rings. The second-order valence-corrected chi connectivity index (χ2v) is 6.39. The van der Waals surface area contributed by atoms with E-state index in [1.807, 2.05) is 6.07 Å². The quantitative estimate of drug-likeness (QED) is 0.510. The SMILES string of the molecule is CC(Cc1ccc(C(C)c2ccccc2)cc1)NCCN(O)C(N)=O. The van der Waals surface area contributed by atoms with Crippen molar-refractivity contribution in [3.8, 4) is 0 Å². The first-order chi connectivity index (χ1) is 12.0. The number of primary amides is 1. The predicted molar refractivity (Wildman–Crippen MR) is 99.6 cm³/mol. The van der Waals surface area contributed by atoms with Gasteiger partial charge in [-0.15, -0.1) is 0 Å². The van der Waals surface area contributed by atoms with Gasteiger partial charge < -0.3 is 11.1 Å². The maximum Gasteiger partial charge on any atom is 0.338 e. The van der Waals surface area contributed by atoms with E-state index in [2.05, 4.69) is 67.7 Å². The molecule has 2 aromatic carbocycles. The molecule has 0 heterocycles. The maximum atomic E-state index is 10.7. The van der Waals surface area contributed by atoms with Gasteiger partial charge in [-0.05, 0) is 30.0 Å². The third-order valence-electron chi connectivity index (χ3n) is 4.39. The van der Waals surface area contributed by atoms with E-state index in [-0.39, 0.29) is 12.6 Å². The number of benzene rings is 2. The van der Waals surface area contributed by atoms with Crippen LogP contribution in [0.2, 0.25) is 0 Å². The molecule has 2 aromatic rings. The van der Waals surface area contributed by atoms with E-state index in [9.17, 15) is 10.0 Å². The van der Waals surface area contributed by atoms with E-state index in [1.54, 1.807) is 0 Å². The summed E-state index contributed by atoms with van der Waals surface area (Å²) in [5, 5.41) is 13.0. The Balaban J connectivity index is 1.84. The lowest BCUT2D eigenvalue weighted by atomic mass is 9.92. The average molecular weight is 341 g/mol. The van der Waals surface area contributed by atoms with Crippen LogP contribution in [0.4, 0.5) is 4.79 Å². The van der Waals surface area contributed by atoms with Crippen LogP contribution in [0.1, 0.15) is 36.5 Å². The number of hydrogen-bond acceptors (Lipinski definition) is 3. The first-order valence-electron chi connectivity index (χ1n) is 8.60. The number of rotatable bonds is 8. The van der Waals surface area contributed by atoms with Gasteiger partial charge in [-0.2, -0.15) is 0 Å². The Bertz CT molecular complexity index is 658. The molecule has 0 saturated carbocycles. The van der Waals surface area contributed by atoms with Gasteiger partial charge in [0, 0.05) is 18.5 Å². The number of hydroxylamine groups is 2. The summed E-state index contributed by atoms with van der Waals surface area (Å²) in [6.45, 7) is 4.96. The molecule has 25 heavy (non-hydrogen) atoms. The molecule has 5 heteroatoms. The lowest BCUT2D eigenvalue weighted by Gasteiger charge is -2.17. The summed E-state index contributed by atoms with van der Waals surface area (Å²) in [7, 11) is 0. The molecule has 0 saturated heterocycles. The van der Waals surface area contributed by atoms with E-state index >= 15 is 0 Å². The summed E-state index contributed by atoms with van der Waals surface area (Å²) in [5.41, 5.74) is 8.83. The van der Waals surface area contributed by atoms with Crippen LogP contribution in [-0.4, -0.2) is 35.4 Å². The van der Waals surface area contributed by atoms with E-state index in [1.165, 1.54) is 16.7 Å². The minimum atomic E-state index is -0.836. The predicted octanol–water partition coefficient (Wildman–Crippen LogP) is 3.13. The van der Waals surface area contributed by atoms with Crippen LogP contribution in [0.15, 0.2) is 54.6 Å². The average Bonchev–Trinajstić information content (AvgIpc) is 2.62. The van der Waals surface area contributed by atoms with Gasteiger partial charge in [0.25, 0.3) is 0 Å². The van der Waals surface area contributed by atoms with E-state index in [0.29, 0.717) is 17.5 Å². The van der Waals surface area contributed by atoms with E-state index in [4.69, 9.17) is 5.73 Å². The minimum absolute atomic E-state index is 0.174. The molecule has 134 valence electrons. The molecule has 5 nitrogen and oxygen atoms in total. The molecule has 2 unspecified atom stereocenters.